The zero-order chi connectivity index (χ0) is 12.3. The van der Waals surface area contributed by atoms with E-state index in [1.807, 2.05) is 29.0 Å². The molecule has 2 rings (SSSR count). The van der Waals surface area contributed by atoms with Crippen molar-refractivity contribution in [1.29, 1.82) is 5.41 Å². The van der Waals surface area contributed by atoms with Gasteiger partial charge in [-0.3, -0.25) is 15.5 Å². The summed E-state index contributed by atoms with van der Waals surface area (Å²) < 4.78 is 0. The first-order valence-corrected chi connectivity index (χ1v) is 5.89. The van der Waals surface area contributed by atoms with Crippen LogP contribution >= 0.6 is 23.7 Å². The van der Waals surface area contributed by atoms with Gasteiger partial charge in [-0.05, 0) is 40.1 Å². The molecule has 0 fully saturated rings. The van der Waals surface area contributed by atoms with Crippen molar-refractivity contribution in [3.8, 4) is 11.1 Å². The van der Waals surface area contributed by atoms with Crippen LogP contribution in [0.1, 0.15) is 10.4 Å². The summed E-state index contributed by atoms with van der Waals surface area (Å²) in [5.74, 6) is -0.717. The van der Waals surface area contributed by atoms with E-state index in [1.54, 1.807) is 23.5 Å². The summed E-state index contributed by atoms with van der Waals surface area (Å²) in [6.07, 6.45) is 0. The van der Waals surface area contributed by atoms with Gasteiger partial charge in [-0.1, -0.05) is 12.1 Å². The average Bonchev–Trinajstić information content (AvgIpc) is 2.82. The Labute approximate surface area is 115 Å². The monoisotopic (exact) mass is 281 g/mol. The van der Waals surface area contributed by atoms with Crippen molar-refractivity contribution in [2.24, 2.45) is 5.73 Å². The minimum absolute atomic E-state index is 0. The number of carbonyl (C=O) groups is 1. The third-order valence-corrected chi connectivity index (χ3v) is 2.91. The third-order valence-electron chi connectivity index (χ3n) is 2.23. The Morgan fingerprint density at radius 2 is 2.06 bits per heavy atom. The van der Waals surface area contributed by atoms with E-state index >= 15 is 0 Å². The Bertz CT molecular complexity index is 554. The van der Waals surface area contributed by atoms with Crippen LogP contribution < -0.4 is 11.1 Å². The van der Waals surface area contributed by atoms with Crippen LogP contribution in [0.4, 0.5) is 0 Å². The molecule has 4 N–H and O–H groups in total. The normalized spacial score (nSPS) is 9.33. The minimum Gasteiger partial charge on any atom is -0.370 e. The summed E-state index contributed by atoms with van der Waals surface area (Å²) >= 11 is 1.60. The van der Waals surface area contributed by atoms with Gasteiger partial charge in [0.2, 0.25) is 0 Å². The van der Waals surface area contributed by atoms with Gasteiger partial charge in [-0.2, -0.15) is 11.3 Å². The lowest BCUT2D eigenvalue weighted by molar-refractivity contribution is 0.0976. The largest absolute Gasteiger partial charge is 0.370 e. The number of carbonyl (C=O) groups excluding carboxylic acids is 1. The van der Waals surface area contributed by atoms with Crippen molar-refractivity contribution in [1.82, 2.24) is 5.32 Å². The van der Waals surface area contributed by atoms with E-state index in [-0.39, 0.29) is 24.3 Å². The highest BCUT2D eigenvalue weighted by molar-refractivity contribution is 7.08. The average molecular weight is 282 g/mol. The van der Waals surface area contributed by atoms with E-state index < -0.39 is 0 Å². The second kappa shape index (κ2) is 6.18. The van der Waals surface area contributed by atoms with Crippen molar-refractivity contribution in [3.63, 3.8) is 0 Å². The number of benzene rings is 1. The summed E-state index contributed by atoms with van der Waals surface area (Å²) in [4.78, 5) is 11.6. The molecule has 18 heavy (non-hydrogen) atoms. The third kappa shape index (κ3) is 3.32. The van der Waals surface area contributed by atoms with Crippen molar-refractivity contribution in [2.75, 3.05) is 0 Å². The molecular weight excluding hydrogens is 270 g/mol. The van der Waals surface area contributed by atoms with E-state index in [0.717, 1.165) is 11.1 Å². The van der Waals surface area contributed by atoms with E-state index in [0.29, 0.717) is 5.56 Å². The Balaban J connectivity index is 0.00000162. The van der Waals surface area contributed by atoms with E-state index in [9.17, 15) is 4.79 Å². The molecule has 0 unspecified atom stereocenters. The first-order valence-electron chi connectivity index (χ1n) is 4.95. The fourth-order valence-electron chi connectivity index (χ4n) is 1.46. The molecule has 1 amide bonds. The quantitative estimate of drug-likeness (QED) is 0.584. The van der Waals surface area contributed by atoms with Gasteiger partial charge in [-0.15, -0.1) is 12.4 Å². The number of hydrogen-bond donors (Lipinski definition) is 3. The van der Waals surface area contributed by atoms with Gasteiger partial charge in [0.05, 0.1) is 0 Å². The Morgan fingerprint density at radius 1 is 1.28 bits per heavy atom. The van der Waals surface area contributed by atoms with Crippen molar-refractivity contribution < 1.29 is 4.79 Å². The van der Waals surface area contributed by atoms with Crippen LogP contribution in [0.5, 0.6) is 0 Å². The first-order chi connectivity index (χ1) is 8.16. The van der Waals surface area contributed by atoms with Gasteiger partial charge in [0.1, 0.15) is 0 Å². The highest BCUT2D eigenvalue weighted by atomic mass is 35.5. The molecule has 6 heteroatoms. The number of rotatable bonds is 2. The van der Waals surface area contributed by atoms with E-state index in [1.165, 1.54) is 0 Å². The molecule has 94 valence electrons. The van der Waals surface area contributed by atoms with Crippen molar-refractivity contribution in [2.45, 2.75) is 0 Å². The number of nitrogens with two attached hydrogens (primary N) is 1. The summed E-state index contributed by atoms with van der Waals surface area (Å²) in [6, 6.07) is 9.20. The van der Waals surface area contributed by atoms with Crippen LogP contribution in [0.2, 0.25) is 0 Å². The molecule has 2 aromatic rings. The Hall–Kier alpha value is -1.85. The molecule has 0 saturated carbocycles. The number of thiophene rings is 1. The van der Waals surface area contributed by atoms with Crippen LogP contribution in [-0.2, 0) is 0 Å². The van der Waals surface area contributed by atoms with E-state index in [2.05, 4.69) is 5.32 Å². The molecule has 0 aliphatic rings. The number of guanidine groups is 1. The van der Waals surface area contributed by atoms with E-state index in [4.69, 9.17) is 11.1 Å². The number of amides is 1. The second-order valence-corrected chi connectivity index (χ2v) is 4.24. The summed E-state index contributed by atoms with van der Waals surface area (Å²) in [7, 11) is 0. The van der Waals surface area contributed by atoms with Gasteiger partial charge >= 0.3 is 0 Å². The zero-order valence-corrected chi connectivity index (χ0v) is 11.0. The maximum Gasteiger partial charge on any atom is 0.257 e. The molecule has 0 spiro atoms. The SMILES string of the molecule is Cl.N=C(N)NC(=O)c1cccc(-c2ccsc2)c1. The molecule has 0 aliphatic heterocycles. The van der Waals surface area contributed by atoms with Gasteiger partial charge in [0, 0.05) is 5.56 Å². The van der Waals surface area contributed by atoms with Gasteiger partial charge in [-0.25, -0.2) is 0 Å². The maximum atomic E-state index is 11.6. The number of nitrogens with one attached hydrogen (secondary N) is 2. The molecule has 4 nitrogen and oxygen atoms in total. The minimum atomic E-state index is -0.366. The lowest BCUT2D eigenvalue weighted by atomic mass is 10.1. The van der Waals surface area contributed by atoms with Crippen LogP contribution in [0.25, 0.3) is 11.1 Å². The molecule has 0 radical (unpaired) electrons. The Morgan fingerprint density at radius 3 is 2.67 bits per heavy atom. The molecule has 0 atom stereocenters. The standard InChI is InChI=1S/C12H11N3OS.ClH/c13-12(14)15-11(16)9-3-1-2-8(6-9)10-4-5-17-7-10;/h1-7H,(H4,13,14,15,16);1H. The summed E-state index contributed by atoms with van der Waals surface area (Å²) in [5.41, 5.74) is 7.66. The second-order valence-electron chi connectivity index (χ2n) is 3.46. The Kier molecular flexibility index (Phi) is 4.88. The van der Waals surface area contributed by atoms with Crippen molar-refractivity contribution >= 4 is 35.6 Å². The molecular formula is C12H12ClN3OS. The van der Waals surface area contributed by atoms with Gasteiger partial charge in [0.15, 0.2) is 5.96 Å². The number of hydrogen-bond acceptors (Lipinski definition) is 3. The topological polar surface area (TPSA) is 79.0 Å². The lowest BCUT2D eigenvalue weighted by Crippen LogP contribution is -2.35. The van der Waals surface area contributed by atoms with Crippen LogP contribution in [0.15, 0.2) is 41.1 Å². The molecule has 1 aromatic heterocycles. The fourth-order valence-corrected chi connectivity index (χ4v) is 2.13. The highest BCUT2D eigenvalue weighted by Crippen LogP contribution is 2.22. The predicted octanol–water partition coefficient (Wildman–Crippen LogP) is 2.46. The summed E-state index contributed by atoms with van der Waals surface area (Å²) in [6.45, 7) is 0. The first kappa shape index (κ1) is 14.2. The fraction of sp³-hybridized carbons (Fsp3) is 0. The lowest BCUT2D eigenvalue weighted by Gasteiger charge is -2.04. The van der Waals surface area contributed by atoms with Crippen LogP contribution in [-0.4, -0.2) is 11.9 Å². The predicted molar refractivity (Wildman–Crippen MR) is 76.4 cm³/mol. The molecule has 1 heterocycles. The molecule has 0 saturated heterocycles. The smallest absolute Gasteiger partial charge is 0.257 e. The van der Waals surface area contributed by atoms with Gasteiger partial charge in [0.25, 0.3) is 5.91 Å². The summed E-state index contributed by atoms with van der Waals surface area (Å²) in [5, 5.41) is 13.3. The zero-order valence-electron chi connectivity index (χ0n) is 9.34. The van der Waals surface area contributed by atoms with Gasteiger partial charge < -0.3 is 5.73 Å². The highest BCUT2D eigenvalue weighted by Gasteiger charge is 2.07. The molecule has 0 bridgehead atoms. The van der Waals surface area contributed by atoms with Crippen LogP contribution in [0.3, 0.4) is 0 Å². The maximum absolute atomic E-state index is 11.6. The van der Waals surface area contributed by atoms with Crippen LogP contribution in [0, 0.1) is 5.41 Å². The number of halogens is 1. The molecule has 1 aromatic carbocycles. The van der Waals surface area contributed by atoms with Crippen molar-refractivity contribution in [3.05, 3.63) is 46.7 Å². The molecule has 0 aliphatic carbocycles.